The minimum absolute atomic E-state index is 0.273. The summed E-state index contributed by atoms with van der Waals surface area (Å²) in [6.07, 6.45) is 1.49. The summed E-state index contributed by atoms with van der Waals surface area (Å²) in [6.45, 7) is 3.54. The van der Waals surface area contributed by atoms with Gasteiger partial charge in [0.05, 0.1) is 11.5 Å². The Bertz CT molecular complexity index is 507. The van der Waals surface area contributed by atoms with Gasteiger partial charge < -0.3 is 9.84 Å². The van der Waals surface area contributed by atoms with Crippen LogP contribution in [0.2, 0.25) is 0 Å². The Hall–Kier alpha value is -2.37. The van der Waals surface area contributed by atoms with Crippen molar-refractivity contribution < 1.29 is 19.6 Å². The van der Waals surface area contributed by atoms with Gasteiger partial charge in [0.15, 0.2) is 5.75 Å². The summed E-state index contributed by atoms with van der Waals surface area (Å²) in [6, 6.07) is 3.85. The van der Waals surface area contributed by atoms with Crippen molar-refractivity contribution in [2.45, 2.75) is 13.8 Å². The van der Waals surface area contributed by atoms with Gasteiger partial charge in [-0.15, -0.1) is 0 Å². The standard InChI is InChI=1S/C12H13NO5/c1-3-18-12(15)8(2)6-9-4-5-10(13(16)17)11(14)7-9/h4-7,14H,3H2,1-2H3/b8-6+. The van der Waals surface area contributed by atoms with Crippen molar-refractivity contribution in [3.8, 4) is 5.75 Å². The predicted molar refractivity (Wildman–Crippen MR) is 65.0 cm³/mol. The van der Waals surface area contributed by atoms with E-state index >= 15 is 0 Å². The second-order valence-electron chi connectivity index (χ2n) is 3.55. The van der Waals surface area contributed by atoms with Gasteiger partial charge in [-0.2, -0.15) is 0 Å². The van der Waals surface area contributed by atoms with E-state index in [0.29, 0.717) is 11.1 Å². The van der Waals surface area contributed by atoms with Crippen LogP contribution >= 0.6 is 0 Å². The van der Waals surface area contributed by atoms with E-state index in [9.17, 15) is 20.0 Å². The molecule has 18 heavy (non-hydrogen) atoms. The average Bonchev–Trinajstić information content (AvgIpc) is 2.28. The highest BCUT2D eigenvalue weighted by Gasteiger charge is 2.13. The maximum Gasteiger partial charge on any atom is 0.333 e. The molecule has 0 atom stereocenters. The van der Waals surface area contributed by atoms with E-state index in [1.54, 1.807) is 13.8 Å². The molecule has 0 radical (unpaired) electrons. The summed E-state index contributed by atoms with van der Waals surface area (Å²) in [5.74, 6) is -0.902. The maximum atomic E-state index is 11.3. The molecule has 0 saturated carbocycles. The average molecular weight is 251 g/mol. The Labute approximate surface area is 104 Å². The molecule has 0 fully saturated rings. The molecule has 0 unspecified atom stereocenters. The van der Waals surface area contributed by atoms with Crippen molar-refractivity contribution >= 4 is 17.7 Å². The number of nitro benzene ring substituents is 1. The molecule has 1 aromatic carbocycles. The third-order valence-corrected chi connectivity index (χ3v) is 2.18. The summed E-state index contributed by atoms with van der Waals surface area (Å²) in [4.78, 5) is 21.2. The minimum Gasteiger partial charge on any atom is -0.502 e. The van der Waals surface area contributed by atoms with E-state index in [0.717, 1.165) is 0 Å². The van der Waals surface area contributed by atoms with Crippen LogP contribution in [-0.2, 0) is 9.53 Å². The van der Waals surface area contributed by atoms with E-state index in [4.69, 9.17) is 4.74 Å². The van der Waals surface area contributed by atoms with Crippen LogP contribution in [0.4, 0.5) is 5.69 Å². The number of phenolic OH excluding ortho intramolecular Hbond substituents is 1. The monoisotopic (exact) mass is 251 g/mol. The van der Waals surface area contributed by atoms with Crippen LogP contribution in [0.1, 0.15) is 19.4 Å². The number of aromatic hydroxyl groups is 1. The molecular formula is C12H13NO5. The second kappa shape index (κ2) is 5.81. The molecule has 0 heterocycles. The number of esters is 1. The first kappa shape index (κ1) is 13.7. The lowest BCUT2D eigenvalue weighted by Gasteiger charge is -2.02. The molecule has 0 aliphatic rings. The number of hydrogen-bond acceptors (Lipinski definition) is 5. The zero-order valence-electron chi connectivity index (χ0n) is 10.0. The third-order valence-electron chi connectivity index (χ3n) is 2.18. The molecule has 0 saturated heterocycles. The number of nitro groups is 1. The highest BCUT2D eigenvalue weighted by atomic mass is 16.6. The molecule has 1 rings (SSSR count). The van der Waals surface area contributed by atoms with Crippen LogP contribution < -0.4 is 0 Å². The van der Waals surface area contributed by atoms with Gasteiger partial charge in [-0.1, -0.05) is 0 Å². The van der Waals surface area contributed by atoms with Gasteiger partial charge in [0, 0.05) is 11.6 Å². The Morgan fingerprint density at radius 2 is 2.22 bits per heavy atom. The van der Waals surface area contributed by atoms with Crippen LogP contribution in [0.3, 0.4) is 0 Å². The van der Waals surface area contributed by atoms with Crippen LogP contribution in [0.25, 0.3) is 6.08 Å². The fourth-order valence-corrected chi connectivity index (χ4v) is 1.34. The number of carbonyl (C=O) groups excluding carboxylic acids is 1. The van der Waals surface area contributed by atoms with E-state index < -0.39 is 16.6 Å². The van der Waals surface area contributed by atoms with Crippen molar-refractivity contribution in [3.05, 3.63) is 39.4 Å². The van der Waals surface area contributed by atoms with Crippen LogP contribution in [0.15, 0.2) is 23.8 Å². The summed E-state index contributed by atoms with van der Waals surface area (Å²) in [5, 5.41) is 19.9. The van der Waals surface area contributed by atoms with Crippen LogP contribution in [0.5, 0.6) is 5.75 Å². The lowest BCUT2D eigenvalue weighted by atomic mass is 10.1. The first-order valence-corrected chi connectivity index (χ1v) is 5.28. The maximum absolute atomic E-state index is 11.3. The highest BCUT2D eigenvalue weighted by molar-refractivity contribution is 5.93. The third kappa shape index (κ3) is 3.31. The number of carbonyl (C=O) groups is 1. The van der Waals surface area contributed by atoms with Gasteiger partial charge in [0.2, 0.25) is 0 Å². The van der Waals surface area contributed by atoms with Crippen molar-refractivity contribution in [1.29, 1.82) is 0 Å². The number of ether oxygens (including phenoxy) is 1. The Balaban J connectivity index is 2.99. The molecule has 96 valence electrons. The summed E-state index contributed by atoms with van der Waals surface area (Å²) >= 11 is 0. The molecule has 0 aliphatic heterocycles. The lowest BCUT2D eigenvalue weighted by Crippen LogP contribution is -2.04. The first-order chi connectivity index (χ1) is 8.45. The van der Waals surface area contributed by atoms with Crippen molar-refractivity contribution in [3.63, 3.8) is 0 Å². The molecule has 1 N–H and O–H groups in total. The Morgan fingerprint density at radius 3 is 2.72 bits per heavy atom. The van der Waals surface area contributed by atoms with Gasteiger partial charge in [0.1, 0.15) is 0 Å². The Morgan fingerprint density at radius 1 is 1.56 bits per heavy atom. The second-order valence-corrected chi connectivity index (χ2v) is 3.55. The van der Waals surface area contributed by atoms with E-state index in [2.05, 4.69) is 0 Å². The van der Waals surface area contributed by atoms with Crippen LogP contribution in [0, 0.1) is 10.1 Å². The fourth-order valence-electron chi connectivity index (χ4n) is 1.34. The van der Waals surface area contributed by atoms with Gasteiger partial charge >= 0.3 is 11.7 Å². The molecule has 0 amide bonds. The first-order valence-electron chi connectivity index (χ1n) is 5.28. The smallest absolute Gasteiger partial charge is 0.333 e. The largest absolute Gasteiger partial charge is 0.502 e. The van der Waals surface area contributed by atoms with Gasteiger partial charge in [-0.3, -0.25) is 10.1 Å². The van der Waals surface area contributed by atoms with E-state index in [1.807, 2.05) is 0 Å². The van der Waals surface area contributed by atoms with Crippen LogP contribution in [-0.4, -0.2) is 22.6 Å². The molecular weight excluding hydrogens is 238 g/mol. The Kier molecular flexibility index (Phi) is 4.42. The van der Waals surface area contributed by atoms with Gasteiger partial charge in [0.25, 0.3) is 0 Å². The van der Waals surface area contributed by atoms with Gasteiger partial charge in [-0.25, -0.2) is 4.79 Å². The van der Waals surface area contributed by atoms with E-state index in [-0.39, 0.29) is 12.3 Å². The van der Waals surface area contributed by atoms with Crippen molar-refractivity contribution in [1.82, 2.24) is 0 Å². The number of nitrogens with zero attached hydrogens (tertiary/aromatic N) is 1. The minimum atomic E-state index is -0.680. The summed E-state index contributed by atoms with van der Waals surface area (Å²) < 4.78 is 4.79. The van der Waals surface area contributed by atoms with E-state index in [1.165, 1.54) is 24.3 Å². The topological polar surface area (TPSA) is 89.7 Å². The number of phenols is 1. The SMILES string of the molecule is CCOC(=O)/C(C)=C/c1ccc([N+](=O)[O-])c(O)c1. The quantitative estimate of drug-likeness (QED) is 0.383. The number of benzene rings is 1. The lowest BCUT2D eigenvalue weighted by molar-refractivity contribution is -0.385. The fraction of sp³-hybridized carbons (Fsp3) is 0.250. The number of rotatable bonds is 4. The molecule has 6 nitrogen and oxygen atoms in total. The zero-order valence-corrected chi connectivity index (χ0v) is 10.0. The normalized spacial score (nSPS) is 11.1. The summed E-state index contributed by atoms with van der Waals surface area (Å²) in [5.41, 5.74) is 0.467. The predicted octanol–water partition coefficient (Wildman–Crippen LogP) is 2.27. The molecule has 0 aliphatic carbocycles. The molecule has 0 spiro atoms. The molecule has 0 bridgehead atoms. The van der Waals surface area contributed by atoms with Crippen molar-refractivity contribution in [2.75, 3.05) is 6.61 Å². The zero-order chi connectivity index (χ0) is 13.7. The molecule has 6 heteroatoms. The van der Waals surface area contributed by atoms with Gasteiger partial charge in [-0.05, 0) is 37.6 Å². The van der Waals surface area contributed by atoms with Crippen molar-refractivity contribution in [2.24, 2.45) is 0 Å². The molecule has 1 aromatic rings. The molecule has 0 aromatic heterocycles. The number of hydrogen-bond donors (Lipinski definition) is 1. The highest BCUT2D eigenvalue weighted by Crippen LogP contribution is 2.27. The summed E-state index contributed by atoms with van der Waals surface area (Å²) in [7, 11) is 0.